The molecule has 8 nitrogen and oxygen atoms in total. The van der Waals surface area contributed by atoms with E-state index in [1.54, 1.807) is 47.1 Å². The summed E-state index contributed by atoms with van der Waals surface area (Å²) in [6, 6.07) is 19.4. The highest BCUT2D eigenvalue weighted by Crippen LogP contribution is 2.21. The van der Waals surface area contributed by atoms with E-state index < -0.39 is 0 Å². The van der Waals surface area contributed by atoms with Crippen LogP contribution in [0.2, 0.25) is 0 Å². The highest BCUT2D eigenvalue weighted by molar-refractivity contribution is 9.10. The number of anilines is 2. The second-order valence-corrected chi connectivity index (χ2v) is 7.77. The highest BCUT2D eigenvalue weighted by Gasteiger charge is 2.13. The van der Waals surface area contributed by atoms with E-state index in [9.17, 15) is 9.59 Å². The molecule has 0 aliphatic heterocycles. The molecule has 0 radical (unpaired) electrons. The Balaban J connectivity index is 1.38. The summed E-state index contributed by atoms with van der Waals surface area (Å²) in [4.78, 5) is 24.6. The van der Waals surface area contributed by atoms with Gasteiger partial charge in [-0.25, -0.2) is 4.68 Å². The molecule has 0 bridgehead atoms. The predicted octanol–water partition coefficient (Wildman–Crippen LogP) is 4.81. The van der Waals surface area contributed by atoms with Crippen molar-refractivity contribution in [3.63, 3.8) is 0 Å². The van der Waals surface area contributed by atoms with E-state index >= 15 is 0 Å². The normalized spacial score (nSPS) is 10.6. The average Bonchev–Trinajstić information content (AvgIpc) is 3.43. The van der Waals surface area contributed by atoms with E-state index in [4.69, 9.17) is 9.15 Å². The summed E-state index contributed by atoms with van der Waals surface area (Å²) < 4.78 is 13.2. The third kappa shape index (κ3) is 5.25. The van der Waals surface area contributed by atoms with Gasteiger partial charge < -0.3 is 19.8 Å². The Morgan fingerprint density at radius 3 is 2.69 bits per heavy atom. The van der Waals surface area contributed by atoms with Crippen molar-refractivity contribution in [2.24, 2.45) is 0 Å². The maximum atomic E-state index is 12.5. The molecule has 0 aliphatic carbocycles. The predicted molar refractivity (Wildman–Crippen MR) is 123 cm³/mol. The summed E-state index contributed by atoms with van der Waals surface area (Å²) in [5, 5.41) is 9.99. The summed E-state index contributed by atoms with van der Waals surface area (Å²) in [6.45, 7) is 1.64. The first-order chi connectivity index (χ1) is 15.5. The smallest absolute Gasteiger partial charge is 0.291 e. The lowest BCUT2D eigenvalue weighted by Gasteiger charge is -2.11. The number of furan rings is 1. The van der Waals surface area contributed by atoms with Crippen LogP contribution in [0.5, 0.6) is 5.75 Å². The lowest BCUT2D eigenvalue weighted by atomic mass is 10.3. The Kier molecular flexibility index (Phi) is 6.37. The number of hydrogen-bond donors (Lipinski definition) is 2. The molecule has 2 aromatic carbocycles. The van der Waals surface area contributed by atoms with Gasteiger partial charge in [0.05, 0.1) is 17.6 Å². The van der Waals surface area contributed by atoms with Gasteiger partial charge in [0.15, 0.2) is 12.4 Å². The molecule has 4 rings (SSSR count). The number of hydrogen-bond acceptors (Lipinski definition) is 5. The van der Waals surface area contributed by atoms with Crippen LogP contribution in [-0.4, -0.2) is 28.2 Å². The molecule has 162 valence electrons. The van der Waals surface area contributed by atoms with E-state index in [1.165, 1.54) is 6.26 Å². The average molecular weight is 495 g/mol. The molecule has 32 heavy (non-hydrogen) atoms. The van der Waals surface area contributed by atoms with Crippen LogP contribution in [0, 0.1) is 6.92 Å². The number of nitrogens with zero attached hydrogens (tertiary/aromatic N) is 2. The third-order valence-electron chi connectivity index (χ3n) is 4.36. The van der Waals surface area contributed by atoms with Crippen LogP contribution in [0.1, 0.15) is 16.2 Å². The van der Waals surface area contributed by atoms with Crippen molar-refractivity contribution in [2.45, 2.75) is 6.92 Å². The maximum absolute atomic E-state index is 12.5. The second-order valence-electron chi connectivity index (χ2n) is 6.86. The molecule has 0 atom stereocenters. The van der Waals surface area contributed by atoms with Crippen molar-refractivity contribution < 1.29 is 18.7 Å². The first-order valence-electron chi connectivity index (χ1n) is 9.68. The van der Waals surface area contributed by atoms with Crippen LogP contribution in [0.15, 0.2) is 81.9 Å². The number of benzene rings is 2. The minimum Gasteiger partial charge on any atom is -0.484 e. The Morgan fingerprint density at radius 1 is 1.06 bits per heavy atom. The number of rotatable bonds is 7. The van der Waals surface area contributed by atoms with E-state index in [2.05, 4.69) is 31.7 Å². The van der Waals surface area contributed by atoms with Crippen LogP contribution in [0.4, 0.5) is 11.5 Å². The summed E-state index contributed by atoms with van der Waals surface area (Å²) in [5.41, 5.74) is 2.09. The van der Waals surface area contributed by atoms with Crippen LogP contribution in [0.25, 0.3) is 5.69 Å². The molecule has 2 aromatic heterocycles. The lowest BCUT2D eigenvalue weighted by Crippen LogP contribution is -2.22. The lowest BCUT2D eigenvalue weighted by molar-refractivity contribution is -0.118. The van der Waals surface area contributed by atoms with Gasteiger partial charge >= 0.3 is 0 Å². The van der Waals surface area contributed by atoms with Crippen molar-refractivity contribution >= 4 is 39.2 Å². The van der Waals surface area contributed by atoms with Crippen LogP contribution < -0.4 is 15.4 Å². The van der Waals surface area contributed by atoms with Gasteiger partial charge in [-0.15, -0.1) is 0 Å². The summed E-state index contributed by atoms with van der Waals surface area (Å²) in [6.07, 6.45) is 1.43. The van der Waals surface area contributed by atoms with Crippen molar-refractivity contribution in [1.29, 1.82) is 0 Å². The number of aromatic nitrogens is 2. The zero-order valence-corrected chi connectivity index (χ0v) is 18.6. The maximum Gasteiger partial charge on any atom is 0.291 e. The van der Waals surface area contributed by atoms with Gasteiger partial charge in [0.1, 0.15) is 11.6 Å². The van der Waals surface area contributed by atoms with Crippen LogP contribution >= 0.6 is 15.9 Å². The first kappa shape index (κ1) is 21.4. The molecule has 2 amide bonds. The largest absolute Gasteiger partial charge is 0.484 e. The molecule has 0 saturated carbocycles. The zero-order chi connectivity index (χ0) is 22.5. The van der Waals surface area contributed by atoms with E-state index in [-0.39, 0.29) is 24.2 Å². The fourth-order valence-electron chi connectivity index (χ4n) is 2.99. The number of halogens is 1. The minimum atomic E-state index is -0.374. The van der Waals surface area contributed by atoms with Crippen LogP contribution in [0.3, 0.4) is 0 Å². The molecule has 0 saturated heterocycles. The van der Waals surface area contributed by atoms with Crippen molar-refractivity contribution in [1.82, 2.24) is 9.78 Å². The monoisotopic (exact) mass is 494 g/mol. The van der Waals surface area contributed by atoms with Crippen LogP contribution in [-0.2, 0) is 4.79 Å². The fourth-order valence-corrected chi connectivity index (χ4v) is 3.37. The molecular formula is C23H19BrN4O4. The van der Waals surface area contributed by atoms with Gasteiger partial charge in [-0.05, 0) is 49.4 Å². The number of aryl methyl sites for hydroxylation is 1. The Morgan fingerprint density at radius 2 is 1.91 bits per heavy atom. The van der Waals surface area contributed by atoms with Crippen molar-refractivity contribution in [2.75, 3.05) is 17.2 Å². The molecule has 0 fully saturated rings. The van der Waals surface area contributed by atoms with Gasteiger partial charge in [0, 0.05) is 22.3 Å². The number of nitrogens with one attached hydrogen (secondary N) is 2. The van der Waals surface area contributed by atoms with Crippen molar-refractivity contribution in [3.8, 4) is 11.4 Å². The van der Waals surface area contributed by atoms with Gasteiger partial charge in [0.2, 0.25) is 0 Å². The van der Waals surface area contributed by atoms with E-state index in [1.807, 2.05) is 31.2 Å². The molecular weight excluding hydrogens is 476 g/mol. The van der Waals surface area contributed by atoms with E-state index in [0.29, 0.717) is 17.3 Å². The SMILES string of the molecule is Cc1cc(NC(=O)COc2cccc(NC(=O)c3ccco3)c2)n(-c2cccc(Br)c2)n1. The van der Waals surface area contributed by atoms with Gasteiger partial charge in [0.25, 0.3) is 11.8 Å². The number of carbonyl (C=O) groups excluding carboxylic acids is 2. The second kappa shape index (κ2) is 9.52. The Labute approximate surface area is 192 Å². The number of amides is 2. The number of carbonyl (C=O) groups is 2. The summed E-state index contributed by atoms with van der Waals surface area (Å²) in [5.74, 6) is 0.461. The molecule has 0 unspecified atom stereocenters. The number of ether oxygens (including phenoxy) is 1. The molecule has 0 aliphatic rings. The summed E-state index contributed by atoms with van der Waals surface area (Å²) in [7, 11) is 0. The minimum absolute atomic E-state index is 0.202. The molecule has 0 spiro atoms. The molecule has 4 aromatic rings. The van der Waals surface area contributed by atoms with E-state index in [0.717, 1.165) is 15.9 Å². The molecule has 2 heterocycles. The first-order valence-corrected chi connectivity index (χ1v) is 10.5. The Hall–Kier alpha value is -3.85. The standard InChI is InChI=1S/C23H19BrN4O4/c1-15-11-21(28(27-15)18-7-2-5-16(24)12-18)26-22(29)14-32-19-8-3-6-17(13-19)25-23(30)20-9-4-10-31-20/h2-13H,14H2,1H3,(H,25,30)(H,26,29). The Bertz CT molecular complexity index is 1250. The third-order valence-corrected chi connectivity index (χ3v) is 4.85. The quantitative estimate of drug-likeness (QED) is 0.384. The fraction of sp³-hybridized carbons (Fsp3) is 0.0870. The molecule has 2 N–H and O–H groups in total. The topological polar surface area (TPSA) is 98.4 Å². The van der Waals surface area contributed by atoms with Gasteiger partial charge in [-0.3, -0.25) is 9.59 Å². The summed E-state index contributed by atoms with van der Waals surface area (Å²) >= 11 is 3.44. The highest BCUT2D eigenvalue weighted by atomic mass is 79.9. The molecule has 9 heteroatoms. The van der Waals surface area contributed by atoms with Crippen molar-refractivity contribution in [3.05, 3.63) is 88.9 Å². The zero-order valence-electron chi connectivity index (χ0n) is 17.0. The van der Waals surface area contributed by atoms with Gasteiger partial charge in [-0.1, -0.05) is 28.1 Å². The van der Waals surface area contributed by atoms with Gasteiger partial charge in [-0.2, -0.15) is 5.10 Å².